The Hall–Kier alpha value is -2.58. The van der Waals surface area contributed by atoms with Crippen LogP contribution in [0.3, 0.4) is 0 Å². The number of unbranched alkanes of at least 4 members (excludes halogenated alkanes) is 1. The lowest BCUT2D eigenvalue weighted by molar-refractivity contribution is -0.115. The van der Waals surface area contributed by atoms with Crippen molar-refractivity contribution < 1.29 is 19.2 Å². The molecule has 2 heterocycles. The Kier molecular flexibility index (Phi) is 12.8. The first-order valence-corrected chi connectivity index (χ1v) is 14.0. The standard InChI is InChI=1S/C14H22N2O3.C9H9NOS.C5H10/c1-3-11(6-9(2)8-17)15-14(18)12-7-13(19-16-12)10-4-5-10;1-12-7-2-3-8-6(4-7)5-9(11)10-8;1-3-5-4-2/h7,9-11,17H,3-6,8H2,1-2H3,(H,15,18);2-4H,5H2,1H3,(H,10,11);3H,1,4-5H2,2H3/t9-,11?;;/m0../s1. The summed E-state index contributed by atoms with van der Waals surface area (Å²) in [6.45, 7) is 9.82. The molecule has 1 aliphatic heterocycles. The predicted octanol–water partition coefficient (Wildman–Crippen LogP) is 5.95. The van der Waals surface area contributed by atoms with Gasteiger partial charge in [-0.2, -0.15) is 0 Å². The molecule has 3 N–H and O–H groups in total. The van der Waals surface area contributed by atoms with E-state index < -0.39 is 0 Å². The summed E-state index contributed by atoms with van der Waals surface area (Å²) in [5.41, 5.74) is 2.45. The lowest BCUT2D eigenvalue weighted by Crippen LogP contribution is -2.36. The van der Waals surface area contributed by atoms with Crippen molar-refractivity contribution in [2.24, 2.45) is 5.92 Å². The van der Waals surface area contributed by atoms with E-state index >= 15 is 0 Å². The Morgan fingerprint density at radius 3 is 2.67 bits per heavy atom. The lowest BCUT2D eigenvalue weighted by Gasteiger charge is -2.19. The highest BCUT2D eigenvalue weighted by molar-refractivity contribution is 7.98. The third kappa shape index (κ3) is 9.82. The summed E-state index contributed by atoms with van der Waals surface area (Å²) >= 11 is 1.70. The van der Waals surface area contributed by atoms with Gasteiger partial charge >= 0.3 is 0 Å². The molecule has 0 bridgehead atoms. The summed E-state index contributed by atoms with van der Waals surface area (Å²) in [6, 6.07) is 7.87. The number of rotatable bonds is 10. The van der Waals surface area contributed by atoms with E-state index in [9.17, 15) is 9.59 Å². The highest BCUT2D eigenvalue weighted by Crippen LogP contribution is 2.40. The minimum Gasteiger partial charge on any atom is -0.396 e. The van der Waals surface area contributed by atoms with Gasteiger partial charge in [0.25, 0.3) is 5.91 Å². The maximum Gasteiger partial charge on any atom is 0.273 e. The van der Waals surface area contributed by atoms with E-state index in [-0.39, 0.29) is 30.4 Å². The number of hydrogen-bond acceptors (Lipinski definition) is 6. The number of aliphatic hydroxyl groups excluding tert-OH is 1. The minimum absolute atomic E-state index is 0.0655. The second kappa shape index (κ2) is 15.5. The molecule has 1 unspecified atom stereocenters. The second-order valence-electron chi connectivity index (χ2n) is 9.32. The number of carbonyl (C=O) groups is 2. The molecule has 1 saturated carbocycles. The van der Waals surface area contributed by atoms with Crippen LogP contribution in [0.4, 0.5) is 5.69 Å². The largest absolute Gasteiger partial charge is 0.396 e. The molecule has 0 saturated heterocycles. The van der Waals surface area contributed by atoms with E-state index in [1.54, 1.807) is 17.8 Å². The molecule has 2 aliphatic rings. The first-order valence-electron chi connectivity index (χ1n) is 12.8. The SMILES string of the molecule is C=CCCC.CCC(C[C@H](C)CO)NC(=O)c1cc(C2CC2)on1.CSc1ccc2c(c1)CC(=O)N2. The van der Waals surface area contributed by atoms with Gasteiger partial charge in [0.05, 0.1) is 6.42 Å². The summed E-state index contributed by atoms with van der Waals surface area (Å²) in [4.78, 5) is 24.2. The van der Waals surface area contributed by atoms with Crippen LogP contribution >= 0.6 is 11.8 Å². The number of aromatic nitrogens is 1. The number of carbonyl (C=O) groups excluding carboxylic acids is 2. The van der Waals surface area contributed by atoms with E-state index in [4.69, 9.17) is 9.63 Å². The van der Waals surface area contributed by atoms with Crippen molar-refractivity contribution in [1.82, 2.24) is 10.5 Å². The molecule has 2 amide bonds. The molecule has 198 valence electrons. The van der Waals surface area contributed by atoms with Gasteiger partial charge in [0.1, 0.15) is 5.76 Å². The van der Waals surface area contributed by atoms with E-state index in [1.807, 2.05) is 38.3 Å². The van der Waals surface area contributed by atoms with Gasteiger partial charge < -0.3 is 20.3 Å². The number of benzene rings is 1. The van der Waals surface area contributed by atoms with Crippen LogP contribution in [0.1, 0.15) is 87.0 Å². The van der Waals surface area contributed by atoms with Crippen molar-refractivity contribution in [3.63, 3.8) is 0 Å². The van der Waals surface area contributed by atoms with Gasteiger partial charge in [-0.05, 0) is 68.0 Å². The normalized spacial score (nSPS) is 15.3. The van der Waals surface area contributed by atoms with Gasteiger partial charge in [0.2, 0.25) is 5.91 Å². The number of allylic oxidation sites excluding steroid dienone is 1. The molecule has 1 aromatic carbocycles. The fourth-order valence-electron chi connectivity index (χ4n) is 3.64. The fraction of sp³-hybridized carbons (Fsp3) is 0.536. The fourth-order valence-corrected chi connectivity index (χ4v) is 4.10. The van der Waals surface area contributed by atoms with E-state index in [0.29, 0.717) is 18.0 Å². The van der Waals surface area contributed by atoms with E-state index in [0.717, 1.165) is 49.1 Å². The predicted molar refractivity (Wildman–Crippen MR) is 147 cm³/mol. The van der Waals surface area contributed by atoms with Gasteiger partial charge in [-0.3, -0.25) is 9.59 Å². The summed E-state index contributed by atoms with van der Waals surface area (Å²) in [7, 11) is 0. The Morgan fingerprint density at radius 1 is 1.36 bits per heavy atom. The van der Waals surface area contributed by atoms with Gasteiger partial charge in [0, 0.05) is 35.2 Å². The van der Waals surface area contributed by atoms with Crippen LogP contribution in [0.2, 0.25) is 0 Å². The van der Waals surface area contributed by atoms with Crippen molar-refractivity contribution in [1.29, 1.82) is 0 Å². The molecule has 7 nitrogen and oxygen atoms in total. The molecular formula is C28H41N3O4S. The topological polar surface area (TPSA) is 104 Å². The Morgan fingerprint density at radius 2 is 2.11 bits per heavy atom. The molecule has 0 radical (unpaired) electrons. The van der Waals surface area contributed by atoms with Gasteiger partial charge in [-0.1, -0.05) is 38.4 Å². The van der Waals surface area contributed by atoms with E-state index in [2.05, 4.69) is 35.4 Å². The number of hydrogen-bond donors (Lipinski definition) is 3. The molecule has 4 rings (SSSR count). The van der Waals surface area contributed by atoms with Crippen molar-refractivity contribution in [3.8, 4) is 0 Å². The molecule has 1 fully saturated rings. The zero-order chi connectivity index (χ0) is 26.5. The second-order valence-corrected chi connectivity index (χ2v) is 10.2. The number of aliphatic hydroxyl groups is 1. The number of nitrogens with zero attached hydrogens (tertiary/aromatic N) is 1. The van der Waals surface area contributed by atoms with Crippen LogP contribution in [0.25, 0.3) is 0 Å². The summed E-state index contributed by atoms with van der Waals surface area (Å²) in [5, 5.41) is 18.6. The van der Waals surface area contributed by atoms with Crippen molar-refractivity contribution in [2.45, 2.75) is 82.6 Å². The van der Waals surface area contributed by atoms with Crippen LogP contribution in [0.15, 0.2) is 46.3 Å². The smallest absolute Gasteiger partial charge is 0.273 e. The Bertz CT molecular complexity index is 987. The lowest BCUT2D eigenvalue weighted by atomic mass is 10.0. The first kappa shape index (κ1) is 29.6. The molecule has 8 heteroatoms. The average molecular weight is 516 g/mol. The summed E-state index contributed by atoms with van der Waals surface area (Å²) in [5.74, 6) is 1.38. The maximum atomic E-state index is 12.0. The van der Waals surface area contributed by atoms with Crippen molar-refractivity contribution >= 4 is 29.3 Å². The quantitative estimate of drug-likeness (QED) is 0.267. The molecule has 2 aromatic rings. The number of amides is 2. The number of fused-ring (bicyclic) bond motifs is 1. The molecular weight excluding hydrogens is 474 g/mol. The highest BCUT2D eigenvalue weighted by atomic mass is 32.2. The Labute approximate surface area is 219 Å². The Balaban J connectivity index is 0.000000228. The molecule has 0 spiro atoms. The number of anilines is 1. The molecule has 2 atom stereocenters. The third-order valence-electron chi connectivity index (χ3n) is 6.00. The minimum atomic E-state index is -0.187. The van der Waals surface area contributed by atoms with Crippen molar-refractivity contribution in [3.05, 3.63) is 53.9 Å². The highest BCUT2D eigenvalue weighted by Gasteiger charge is 2.29. The zero-order valence-corrected chi connectivity index (χ0v) is 22.8. The monoisotopic (exact) mass is 515 g/mol. The average Bonchev–Trinajstić information content (AvgIpc) is 3.48. The van der Waals surface area contributed by atoms with E-state index in [1.165, 1.54) is 11.3 Å². The van der Waals surface area contributed by atoms with Crippen molar-refractivity contribution in [2.75, 3.05) is 18.2 Å². The third-order valence-corrected chi connectivity index (χ3v) is 6.72. The van der Waals surface area contributed by atoms with Crippen LogP contribution in [0.5, 0.6) is 0 Å². The maximum absolute atomic E-state index is 12.0. The number of nitrogens with one attached hydrogen (secondary N) is 2. The van der Waals surface area contributed by atoms with Crippen LogP contribution in [0, 0.1) is 5.92 Å². The number of thioether (sulfide) groups is 1. The van der Waals surface area contributed by atoms with Crippen LogP contribution in [-0.2, 0) is 11.2 Å². The van der Waals surface area contributed by atoms with Crippen LogP contribution in [-0.4, -0.2) is 41.0 Å². The van der Waals surface area contributed by atoms with Gasteiger partial charge in [-0.25, -0.2) is 0 Å². The van der Waals surface area contributed by atoms with Crippen LogP contribution < -0.4 is 10.6 Å². The molecule has 36 heavy (non-hydrogen) atoms. The zero-order valence-electron chi connectivity index (χ0n) is 22.0. The summed E-state index contributed by atoms with van der Waals surface area (Å²) < 4.78 is 5.18. The molecule has 1 aromatic heterocycles. The van der Waals surface area contributed by atoms with Gasteiger partial charge in [-0.15, -0.1) is 18.3 Å². The first-order chi connectivity index (χ1) is 17.3. The summed E-state index contributed by atoms with van der Waals surface area (Å²) in [6.07, 6.45) is 10.7. The van der Waals surface area contributed by atoms with Gasteiger partial charge in [0.15, 0.2) is 5.69 Å². The molecule has 1 aliphatic carbocycles.